The number of ether oxygens (including phenoxy) is 1. The molecule has 0 spiro atoms. The molecule has 71 heavy (non-hydrogen) atoms. The number of hydrogen-bond acceptors (Lipinski definition) is 5. The first kappa shape index (κ1) is 69.1. The van der Waals surface area contributed by atoms with Gasteiger partial charge in [0.2, 0.25) is 5.91 Å². The molecule has 2 atom stereocenters. The topological polar surface area (TPSA) is 95.9 Å². The van der Waals surface area contributed by atoms with Crippen molar-refractivity contribution in [2.24, 2.45) is 0 Å². The second kappa shape index (κ2) is 60.6. The van der Waals surface area contributed by atoms with Crippen LogP contribution in [0.4, 0.5) is 0 Å². The van der Waals surface area contributed by atoms with Crippen LogP contribution >= 0.6 is 0 Å². The summed E-state index contributed by atoms with van der Waals surface area (Å²) in [4.78, 5) is 24.5. The van der Waals surface area contributed by atoms with Crippen molar-refractivity contribution in [1.29, 1.82) is 0 Å². The molecule has 0 aliphatic carbocycles. The highest BCUT2D eigenvalue weighted by atomic mass is 16.5. The van der Waals surface area contributed by atoms with Crippen LogP contribution in [0.5, 0.6) is 0 Å². The Morgan fingerprint density at radius 3 is 1.07 bits per heavy atom. The van der Waals surface area contributed by atoms with Crippen molar-refractivity contribution in [2.45, 2.75) is 353 Å². The molecule has 6 heteroatoms. The van der Waals surface area contributed by atoms with E-state index in [1.807, 2.05) is 6.08 Å². The molecule has 3 N–H and O–H groups in total. The van der Waals surface area contributed by atoms with Crippen LogP contribution in [-0.2, 0) is 14.3 Å². The maximum absolute atomic E-state index is 12.4. The predicted molar refractivity (Wildman–Crippen MR) is 310 cm³/mol. The summed E-state index contributed by atoms with van der Waals surface area (Å²) in [7, 11) is 0. The van der Waals surface area contributed by atoms with Gasteiger partial charge in [0.05, 0.1) is 25.4 Å². The summed E-state index contributed by atoms with van der Waals surface area (Å²) in [5.74, 6) is -0.0589. The zero-order chi connectivity index (χ0) is 51.4. The van der Waals surface area contributed by atoms with Gasteiger partial charge in [-0.1, -0.05) is 301 Å². The third-order valence-electron chi connectivity index (χ3n) is 14.7. The summed E-state index contributed by atoms with van der Waals surface area (Å²) in [6.45, 7) is 4.89. The van der Waals surface area contributed by atoms with E-state index in [2.05, 4.69) is 43.5 Å². The SMILES string of the molecule is CCCCCCCCC/C=C/C(O)C(CO)NC(=O)CCCCCCCCCCCCC/C=C\C/C=C\CCCCCCCCCCCOC(=O)CCCCCCCCCCCCCCCCCCCC. The Labute approximate surface area is 443 Å². The average molecular weight is 999 g/mol. The Morgan fingerprint density at radius 1 is 0.394 bits per heavy atom. The van der Waals surface area contributed by atoms with Gasteiger partial charge in [0.1, 0.15) is 0 Å². The number of carbonyl (C=O) groups excluding carboxylic acids is 2. The molecule has 0 fully saturated rings. The van der Waals surface area contributed by atoms with E-state index in [1.165, 1.54) is 270 Å². The van der Waals surface area contributed by atoms with Gasteiger partial charge in [-0.2, -0.15) is 0 Å². The number of aliphatic hydroxyl groups is 2. The van der Waals surface area contributed by atoms with Crippen molar-refractivity contribution in [3.63, 3.8) is 0 Å². The van der Waals surface area contributed by atoms with Gasteiger partial charge in [0, 0.05) is 12.8 Å². The Bertz CT molecular complexity index is 1150. The van der Waals surface area contributed by atoms with Crippen LogP contribution in [0.15, 0.2) is 36.5 Å². The minimum atomic E-state index is -0.844. The van der Waals surface area contributed by atoms with Crippen molar-refractivity contribution in [2.75, 3.05) is 13.2 Å². The van der Waals surface area contributed by atoms with Crippen molar-refractivity contribution >= 4 is 11.9 Å². The second-order valence-corrected chi connectivity index (χ2v) is 21.7. The van der Waals surface area contributed by atoms with E-state index in [1.54, 1.807) is 6.08 Å². The van der Waals surface area contributed by atoms with Gasteiger partial charge in [-0.05, 0) is 64.2 Å². The van der Waals surface area contributed by atoms with E-state index in [-0.39, 0.29) is 18.5 Å². The number of unbranched alkanes of at least 4 members (excludes halogenated alkanes) is 44. The lowest BCUT2D eigenvalue weighted by atomic mass is 10.0. The normalized spacial score (nSPS) is 12.8. The van der Waals surface area contributed by atoms with Gasteiger partial charge in [0.15, 0.2) is 0 Å². The van der Waals surface area contributed by atoms with Crippen LogP contribution in [0, 0.1) is 0 Å². The highest BCUT2D eigenvalue weighted by molar-refractivity contribution is 5.76. The first-order valence-corrected chi connectivity index (χ1v) is 31.8. The molecule has 0 aromatic rings. The van der Waals surface area contributed by atoms with Crippen molar-refractivity contribution in [1.82, 2.24) is 5.32 Å². The summed E-state index contributed by atoms with van der Waals surface area (Å²) in [6.07, 6.45) is 76.4. The van der Waals surface area contributed by atoms with Crippen LogP contribution in [0.3, 0.4) is 0 Å². The van der Waals surface area contributed by atoms with E-state index < -0.39 is 12.1 Å². The van der Waals surface area contributed by atoms with Gasteiger partial charge in [-0.15, -0.1) is 0 Å². The van der Waals surface area contributed by atoms with Crippen molar-refractivity contribution in [3.8, 4) is 0 Å². The predicted octanol–water partition coefficient (Wildman–Crippen LogP) is 20.0. The molecule has 0 saturated heterocycles. The molecule has 2 unspecified atom stereocenters. The lowest BCUT2D eigenvalue weighted by molar-refractivity contribution is -0.143. The number of esters is 1. The number of amides is 1. The monoisotopic (exact) mass is 998 g/mol. The molecule has 0 aliphatic heterocycles. The number of nitrogens with one attached hydrogen (secondary N) is 1. The smallest absolute Gasteiger partial charge is 0.305 e. The fourth-order valence-corrected chi connectivity index (χ4v) is 9.78. The largest absolute Gasteiger partial charge is 0.466 e. The number of carbonyl (C=O) groups is 2. The van der Waals surface area contributed by atoms with Crippen LogP contribution in [-0.4, -0.2) is 47.4 Å². The molecule has 0 rings (SSSR count). The first-order chi connectivity index (χ1) is 35.0. The van der Waals surface area contributed by atoms with E-state index in [0.29, 0.717) is 19.4 Å². The molecule has 418 valence electrons. The first-order valence-electron chi connectivity index (χ1n) is 31.8. The molecule has 0 bridgehead atoms. The van der Waals surface area contributed by atoms with E-state index >= 15 is 0 Å². The van der Waals surface area contributed by atoms with Gasteiger partial charge in [-0.25, -0.2) is 0 Å². The van der Waals surface area contributed by atoms with Gasteiger partial charge in [0.25, 0.3) is 0 Å². The van der Waals surface area contributed by atoms with Crippen LogP contribution in [0.25, 0.3) is 0 Å². The minimum Gasteiger partial charge on any atom is -0.466 e. The fourth-order valence-electron chi connectivity index (χ4n) is 9.78. The maximum atomic E-state index is 12.4. The molecule has 6 nitrogen and oxygen atoms in total. The Morgan fingerprint density at radius 2 is 0.704 bits per heavy atom. The number of aliphatic hydroxyl groups excluding tert-OH is 2. The van der Waals surface area contributed by atoms with Crippen molar-refractivity contribution < 1.29 is 24.5 Å². The Kier molecular flexibility index (Phi) is 59.0. The second-order valence-electron chi connectivity index (χ2n) is 21.7. The lowest BCUT2D eigenvalue weighted by Crippen LogP contribution is -2.45. The summed E-state index contributed by atoms with van der Waals surface area (Å²) in [6, 6.07) is -0.628. The Hall–Kier alpha value is -1.92. The highest BCUT2D eigenvalue weighted by Gasteiger charge is 2.18. The number of allylic oxidation sites excluding steroid dienone is 5. The molecule has 0 aromatic carbocycles. The zero-order valence-corrected chi connectivity index (χ0v) is 47.7. The summed E-state index contributed by atoms with van der Waals surface area (Å²) in [5.41, 5.74) is 0. The molecule has 0 aromatic heterocycles. The van der Waals surface area contributed by atoms with E-state index in [0.717, 1.165) is 44.9 Å². The van der Waals surface area contributed by atoms with Gasteiger partial charge in [-0.3, -0.25) is 9.59 Å². The third-order valence-corrected chi connectivity index (χ3v) is 14.7. The molecule has 0 saturated carbocycles. The number of rotatable bonds is 59. The summed E-state index contributed by atoms with van der Waals surface area (Å²) in [5, 5.41) is 22.9. The molecular formula is C65H123NO5. The number of hydrogen-bond donors (Lipinski definition) is 3. The minimum absolute atomic E-state index is 0.0146. The third kappa shape index (κ3) is 57.2. The summed E-state index contributed by atoms with van der Waals surface area (Å²) < 4.78 is 5.50. The van der Waals surface area contributed by atoms with E-state index in [4.69, 9.17) is 4.74 Å². The summed E-state index contributed by atoms with van der Waals surface area (Å²) >= 11 is 0. The van der Waals surface area contributed by atoms with E-state index in [9.17, 15) is 19.8 Å². The molecule has 0 radical (unpaired) electrons. The molecular weight excluding hydrogens is 875 g/mol. The molecule has 0 heterocycles. The maximum Gasteiger partial charge on any atom is 0.305 e. The standard InChI is InChI=1S/C65H123NO5/c1-3-5-7-9-11-13-14-15-16-17-30-33-36-39-43-47-51-55-59-65(70)71-60-56-52-48-44-40-37-34-31-28-26-24-22-20-18-19-21-23-25-27-29-32-35-38-42-46-50-54-58-64(69)66-62(61-67)63(68)57-53-49-45-41-12-10-8-6-4-2/h18-19,22,24,53,57,62-63,67-68H,3-17,20-21,23,25-52,54-56,58-61H2,1-2H3,(H,66,69)/b19-18-,24-22-,57-53+. The van der Waals surface area contributed by atoms with Crippen LogP contribution in [0.1, 0.15) is 341 Å². The lowest BCUT2D eigenvalue weighted by Gasteiger charge is -2.20. The quantitative estimate of drug-likeness (QED) is 0.0321. The molecule has 1 amide bonds. The van der Waals surface area contributed by atoms with Gasteiger partial charge < -0.3 is 20.3 Å². The highest BCUT2D eigenvalue weighted by Crippen LogP contribution is 2.17. The average Bonchev–Trinajstić information content (AvgIpc) is 3.37. The van der Waals surface area contributed by atoms with Gasteiger partial charge >= 0.3 is 5.97 Å². The zero-order valence-electron chi connectivity index (χ0n) is 47.7. The molecule has 0 aliphatic rings. The Balaban J connectivity index is 3.38. The fraction of sp³-hybridized carbons (Fsp3) is 0.877. The van der Waals surface area contributed by atoms with Crippen LogP contribution < -0.4 is 5.32 Å². The van der Waals surface area contributed by atoms with Crippen LogP contribution in [0.2, 0.25) is 0 Å². The van der Waals surface area contributed by atoms with Crippen molar-refractivity contribution in [3.05, 3.63) is 36.5 Å².